The maximum atomic E-state index is 14.3. The van der Waals surface area contributed by atoms with Crippen molar-refractivity contribution < 1.29 is 26.9 Å². The lowest BCUT2D eigenvalue weighted by molar-refractivity contribution is 0.477. The van der Waals surface area contributed by atoms with Crippen LogP contribution in [0.3, 0.4) is 0 Å². The summed E-state index contributed by atoms with van der Waals surface area (Å²) in [5.41, 5.74) is 7.19. The Labute approximate surface area is 333 Å². The number of hydrogen-bond acceptors (Lipinski definition) is 4. The van der Waals surface area contributed by atoms with E-state index in [4.69, 9.17) is 18.1 Å². The van der Waals surface area contributed by atoms with Gasteiger partial charge >= 0.3 is 16.8 Å². The average molecular weight is 791 g/mol. The van der Waals surface area contributed by atoms with Crippen molar-refractivity contribution in [2.24, 2.45) is 0 Å². The molecule has 0 fully saturated rings. The topological polar surface area (TPSA) is 36.9 Å². The quantitative estimate of drug-likeness (QED) is 0.123. The van der Waals surface area contributed by atoms with Crippen molar-refractivity contribution >= 4 is 27.4 Å². The summed E-state index contributed by atoms with van der Waals surface area (Å²) in [6.07, 6.45) is 0. The first-order chi connectivity index (χ1) is 26.5. The van der Waals surface area contributed by atoms with E-state index in [1.54, 1.807) is 24.3 Å². The van der Waals surface area contributed by atoms with Gasteiger partial charge in [0.05, 0.1) is 10.6 Å². The molecule has 0 aromatic heterocycles. The van der Waals surface area contributed by atoms with Crippen LogP contribution in [-0.4, -0.2) is 0 Å². The Hall–Kier alpha value is -4.76. The zero-order chi connectivity index (χ0) is 40.4. The van der Waals surface area contributed by atoms with Gasteiger partial charge in [-0.05, 0) is 145 Å². The fraction of sp³-hybridized carbons (Fsp3) is 0.250. The van der Waals surface area contributed by atoms with Crippen LogP contribution in [0.15, 0.2) is 121 Å². The van der Waals surface area contributed by atoms with Crippen LogP contribution in [0.25, 0.3) is 11.1 Å². The predicted molar refractivity (Wildman–Crippen MR) is 230 cm³/mol. The van der Waals surface area contributed by atoms with Gasteiger partial charge in [-0.3, -0.25) is 0 Å². The molecule has 8 heteroatoms. The van der Waals surface area contributed by atoms with Gasteiger partial charge in [-0.25, -0.2) is 8.78 Å². The second kappa shape index (κ2) is 16.8. The molecule has 0 aliphatic rings. The molecule has 0 saturated heterocycles. The highest BCUT2D eigenvalue weighted by Crippen LogP contribution is 2.52. The third-order valence-corrected chi connectivity index (χ3v) is 12.2. The molecule has 0 radical (unpaired) electrons. The highest BCUT2D eigenvalue weighted by molar-refractivity contribution is 7.57. The van der Waals surface area contributed by atoms with E-state index in [9.17, 15) is 8.78 Å². The summed E-state index contributed by atoms with van der Waals surface area (Å²) in [6, 6.07) is 36.9. The van der Waals surface area contributed by atoms with Gasteiger partial charge < -0.3 is 18.1 Å². The van der Waals surface area contributed by atoms with Gasteiger partial charge in [-0.15, -0.1) is 0 Å². The van der Waals surface area contributed by atoms with Crippen molar-refractivity contribution in [2.75, 3.05) is 0 Å². The molecule has 290 valence electrons. The van der Waals surface area contributed by atoms with Gasteiger partial charge in [0.1, 0.15) is 34.6 Å². The maximum absolute atomic E-state index is 14.3. The summed E-state index contributed by atoms with van der Waals surface area (Å²) in [5, 5.41) is 1.44. The van der Waals surface area contributed by atoms with Crippen molar-refractivity contribution in [3.05, 3.63) is 166 Å². The van der Waals surface area contributed by atoms with Gasteiger partial charge in [0.15, 0.2) is 0 Å². The van der Waals surface area contributed by atoms with Gasteiger partial charge in [-0.2, -0.15) is 0 Å². The van der Waals surface area contributed by atoms with Crippen LogP contribution in [0.1, 0.15) is 74.9 Å². The van der Waals surface area contributed by atoms with E-state index in [1.807, 2.05) is 50.2 Å². The lowest BCUT2D eigenvalue weighted by Crippen LogP contribution is -2.16. The van der Waals surface area contributed by atoms with E-state index < -0.39 is 16.8 Å². The van der Waals surface area contributed by atoms with Crippen LogP contribution in [0, 0.1) is 39.3 Å². The Morgan fingerprint density at radius 2 is 0.768 bits per heavy atom. The van der Waals surface area contributed by atoms with Gasteiger partial charge in [-0.1, -0.05) is 90.1 Å². The number of hydrogen-bond donors (Lipinski definition) is 0. The summed E-state index contributed by atoms with van der Waals surface area (Å²) in [5.74, 6) is 1.98. The standard InChI is InChI=1S/C48H50F2O4P2/c1-31-27-33(3)45(53-55(37-23-19-35(49)20-24-37)51-43-17-13-11-15-41(43)47(5,6)7)39(29-31)40-30-32(2)28-34(4)46(40)54-56(38-25-21-36(50)22-26-38)52-44-18-14-12-16-42(44)48(8,9)10/h11-30H,1-10H3. The zero-order valence-electron chi connectivity index (χ0n) is 33.8. The minimum Gasteiger partial charge on any atom is -0.435 e. The monoisotopic (exact) mass is 790 g/mol. The van der Waals surface area contributed by atoms with E-state index >= 15 is 0 Å². The summed E-state index contributed by atoms with van der Waals surface area (Å²) in [6.45, 7) is 21.0. The molecule has 0 spiro atoms. The molecular formula is C48H50F2O4P2. The third-order valence-electron chi connectivity index (χ3n) is 9.30. The Morgan fingerprint density at radius 1 is 0.429 bits per heavy atom. The van der Waals surface area contributed by atoms with Crippen LogP contribution < -0.4 is 28.7 Å². The fourth-order valence-corrected chi connectivity index (χ4v) is 9.37. The number of halogens is 2. The van der Waals surface area contributed by atoms with Crippen LogP contribution in [0.2, 0.25) is 0 Å². The second-order valence-corrected chi connectivity index (χ2v) is 19.0. The van der Waals surface area contributed by atoms with Crippen molar-refractivity contribution in [2.45, 2.75) is 80.1 Å². The molecule has 0 amide bonds. The molecule has 6 rings (SSSR count). The van der Waals surface area contributed by atoms with Crippen molar-refractivity contribution in [3.63, 3.8) is 0 Å². The highest BCUT2D eigenvalue weighted by atomic mass is 31.2. The van der Waals surface area contributed by atoms with E-state index in [0.29, 0.717) is 23.0 Å². The summed E-state index contributed by atoms with van der Waals surface area (Å²) < 4.78 is 56.4. The van der Waals surface area contributed by atoms with Crippen LogP contribution in [0.4, 0.5) is 8.78 Å². The molecule has 0 aliphatic carbocycles. The number of rotatable bonds is 11. The van der Waals surface area contributed by atoms with E-state index in [2.05, 4.69) is 91.8 Å². The van der Waals surface area contributed by atoms with E-state index in [-0.39, 0.29) is 22.5 Å². The number of aryl methyl sites for hydroxylation is 4. The first kappa shape index (κ1) is 40.9. The van der Waals surface area contributed by atoms with E-state index in [0.717, 1.165) is 55.1 Å². The lowest BCUT2D eigenvalue weighted by atomic mass is 9.86. The normalized spacial score (nSPS) is 12.9. The fourth-order valence-electron chi connectivity index (χ4n) is 6.60. The number of para-hydroxylation sites is 2. The molecule has 2 atom stereocenters. The van der Waals surface area contributed by atoms with Gasteiger partial charge in [0.2, 0.25) is 0 Å². The molecule has 6 aromatic carbocycles. The Bertz CT molecular complexity index is 2150. The molecule has 6 aromatic rings. The largest absolute Gasteiger partial charge is 0.435 e. The highest BCUT2D eigenvalue weighted by Gasteiger charge is 2.30. The van der Waals surface area contributed by atoms with Crippen LogP contribution >= 0.6 is 16.8 Å². The number of benzene rings is 6. The van der Waals surface area contributed by atoms with Gasteiger partial charge in [0.25, 0.3) is 0 Å². The molecule has 0 saturated carbocycles. The smallest absolute Gasteiger partial charge is 0.326 e. The molecule has 4 nitrogen and oxygen atoms in total. The van der Waals surface area contributed by atoms with E-state index in [1.165, 1.54) is 24.3 Å². The Balaban J connectivity index is 1.49. The predicted octanol–water partition coefficient (Wildman–Crippen LogP) is 13.7. The zero-order valence-corrected chi connectivity index (χ0v) is 35.6. The Morgan fingerprint density at radius 3 is 1.11 bits per heavy atom. The SMILES string of the molecule is Cc1cc(C)c(OP(Oc2ccccc2C(C)(C)C)c2ccc(F)cc2)c(-c2cc(C)cc(C)c2OP(Oc2ccccc2C(C)(C)C)c2ccc(F)cc2)c1. The molecule has 2 unspecified atom stereocenters. The summed E-state index contributed by atoms with van der Waals surface area (Å²) >= 11 is 0. The molecule has 0 aliphatic heterocycles. The maximum Gasteiger partial charge on any atom is 0.326 e. The molecule has 0 bridgehead atoms. The molecule has 56 heavy (non-hydrogen) atoms. The summed E-state index contributed by atoms with van der Waals surface area (Å²) in [7, 11) is -3.62. The van der Waals surface area contributed by atoms with Crippen molar-refractivity contribution in [3.8, 4) is 34.1 Å². The summed E-state index contributed by atoms with van der Waals surface area (Å²) in [4.78, 5) is 0. The first-order valence-corrected chi connectivity index (χ1v) is 21.1. The average Bonchev–Trinajstić information content (AvgIpc) is 3.13. The third kappa shape index (κ3) is 9.60. The Kier molecular flexibility index (Phi) is 12.2. The first-order valence-electron chi connectivity index (χ1n) is 18.7. The van der Waals surface area contributed by atoms with Crippen LogP contribution in [0.5, 0.6) is 23.0 Å². The minimum atomic E-state index is -1.81. The molecular weight excluding hydrogens is 740 g/mol. The van der Waals surface area contributed by atoms with Crippen molar-refractivity contribution in [1.82, 2.24) is 0 Å². The lowest BCUT2D eigenvalue weighted by Gasteiger charge is -2.28. The second-order valence-electron chi connectivity index (χ2n) is 16.2. The van der Waals surface area contributed by atoms with Crippen LogP contribution in [-0.2, 0) is 10.8 Å². The molecule has 0 N–H and O–H groups in total. The minimum absolute atomic E-state index is 0.199. The van der Waals surface area contributed by atoms with Crippen molar-refractivity contribution in [1.29, 1.82) is 0 Å². The van der Waals surface area contributed by atoms with Gasteiger partial charge in [0, 0.05) is 11.1 Å². The molecule has 0 heterocycles.